The number of benzene rings is 2. The molecular formula is C17H17N5O4S. The maximum atomic E-state index is 11.9. The van der Waals surface area contributed by atoms with E-state index in [1.54, 1.807) is 0 Å². The van der Waals surface area contributed by atoms with Gasteiger partial charge in [-0.15, -0.1) is 0 Å². The summed E-state index contributed by atoms with van der Waals surface area (Å²) in [5, 5.41) is 10.4. The minimum atomic E-state index is -4.10. The number of nitrogens with one attached hydrogen (secondary N) is 2. The molecule has 0 unspecified atom stereocenters. The Morgan fingerprint density at radius 2 is 1.78 bits per heavy atom. The van der Waals surface area contributed by atoms with Gasteiger partial charge < -0.3 is 22.1 Å². The average Bonchev–Trinajstić information content (AvgIpc) is 2.59. The molecule has 0 fully saturated rings. The molecule has 1 aliphatic heterocycles. The number of carbonyl (C=O) groups excluding carboxylic acids is 2. The Hall–Kier alpha value is -3.37. The molecule has 0 aliphatic carbocycles. The topological polar surface area (TPSA) is 170 Å². The third-order valence-corrected chi connectivity index (χ3v) is 5.05. The van der Waals surface area contributed by atoms with Crippen LogP contribution in [0.5, 0.6) is 0 Å². The molecule has 0 saturated heterocycles. The molecule has 1 aliphatic rings. The number of carbonyl (C=O) groups is 2. The zero-order chi connectivity index (χ0) is 19.8. The van der Waals surface area contributed by atoms with Crippen molar-refractivity contribution in [3.8, 4) is 0 Å². The molecule has 27 heavy (non-hydrogen) atoms. The highest BCUT2D eigenvalue weighted by atomic mass is 32.2. The second-order valence-corrected chi connectivity index (χ2v) is 7.45. The van der Waals surface area contributed by atoms with Gasteiger partial charge >= 0.3 is 6.03 Å². The lowest BCUT2D eigenvalue weighted by Gasteiger charge is -2.24. The summed E-state index contributed by atoms with van der Waals surface area (Å²) < 4.78 is 23.5. The highest BCUT2D eigenvalue weighted by Crippen LogP contribution is 2.35. The summed E-state index contributed by atoms with van der Waals surface area (Å²) in [7, 11) is -4.10. The van der Waals surface area contributed by atoms with E-state index in [0.717, 1.165) is 11.3 Å². The van der Waals surface area contributed by atoms with E-state index in [2.05, 4.69) is 10.6 Å². The number of amides is 3. The monoisotopic (exact) mass is 387 g/mol. The lowest BCUT2D eigenvalue weighted by atomic mass is 9.91. The van der Waals surface area contributed by atoms with Crippen LogP contribution >= 0.6 is 0 Å². The molecule has 3 rings (SSSR count). The summed E-state index contributed by atoms with van der Waals surface area (Å²) in [6, 6.07) is 10.6. The number of para-hydroxylation sites is 1. The predicted molar refractivity (Wildman–Crippen MR) is 101 cm³/mol. The van der Waals surface area contributed by atoms with Crippen molar-refractivity contribution in [3.05, 3.63) is 59.3 Å². The van der Waals surface area contributed by atoms with Gasteiger partial charge in [-0.25, -0.2) is 18.4 Å². The Morgan fingerprint density at radius 1 is 1.07 bits per heavy atom. The van der Waals surface area contributed by atoms with E-state index in [9.17, 15) is 18.0 Å². The van der Waals surface area contributed by atoms with Crippen molar-refractivity contribution in [2.75, 3.05) is 10.6 Å². The van der Waals surface area contributed by atoms with E-state index in [1.165, 1.54) is 18.2 Å². The van der Waals surface area contributed by atoms with Gasteiger partial charge in [0.1, 0.15) is 10.6 Å². The van der Waals surface area contributed by atoms with Crippen molar-refractivity contribution in [2.24, 2.45) is 16.6 Å². The molecular weight excluding hydrogens is 370 g/mol. The van der Waals surface area contributed by atoms with Crippen molar-refractivity contribution in [2.45, 2.75) is 11.3 Å². The van der Waals surface area contributed by atoms with Crippen LogP contribution in [0.15, 0.2) is 53.1 Å². The minimum Gasteiger partial charge on any atom is -0.364 e. The van der Waals surface area contributed by atoms with Gasteiger partial charge in [0.15, 0.2) is 0 Å². The summed E-state index contributed by atoms with van der Waals surface area (Å²) >= 11 is 0. The highest BCUT2D eigenvalue weighted by molar-refractivity contribution is 7.89. The quantitative estimate of drug-likeness (QED) is 0.519. The summed E-state index contributed by atoms with van der Waals surface area (Å²) in [5.41, 5.74) is 13.4. The molecule has 0 saturated carbocycles. The fraction of sp³-hybridized carbons (Fsp3) is 0.0588. The van der Waals surface area contributed by atoms with Gasteiger partial charge in [0.05, 0.1) is 5.69 Å². The molecule has 0 atom stereocenters. The normalized spacial score (nSPS) is 13.5. The number of hydrogen-bond acceptors (Lipinski definition) is 5. The molecule has 140 valence electrons. The van der Waals surface area contributed by atoms with Crippen LogP contribution in [0.4, 0.5) is 16.2 Å². The molecule has 8 N–H and O–H groups in total. The molecule has 2 aromatic rings. The smallest absolute Gasteiger partial charge is 0.316 e. The van der Waals surface area contributed by atoms with Gasteiger partial charge in [-0.2, -0.15) is 0 Å². The van der Waals surface area contributed by atoms with Crippen molar-refractivity contribution in [1.29, 1.82) is 0 Å². The van der Waals surface area contributed by atoms with E-state index in [-0.39, 0.29) is 16.3 Å². The number of urea groups is 1. The molecule has 9 nitrogen and oxygen atoms in total. The zero-order valence-corrected chi connectivity index (χ0v) is 14.8. The lowest BCUT2D eigenvalue weighted by molar-refractivity contribution is -0.114. The standard InChI is InChI=1S/C17H17N5O4S/c18-16(23)15-11(7-10-3-1-2-4-12(10)21-15)9-5-6-14(27(20,25)26)13(8-9)22-17(19)24/h1-6,8,21H,7H2,(H2,18,23)(H3,19,22,24)(H2,20,25,26). The SMILES string of the molecule is NC(=O)Nc1cc(C2=C(C(N)=O)Nc3ccccc3C2)ccc1S(N)(=O)=O. The number of sulfonamides is 1. The molecule has 1 heterocycles. The van der Waals surface area contributed by atoms with E-state index in [4.69, 9.17) is 16.6 Å². The van der Waals surface area contributed by atoms with Gasteiger partial charge in [0.2, 0.25) is 10.0 Å². The van der Waals surface area contributed by atoms with Gasteiger partial charge in [0, 0.05) is 12.1 Å². The van der Waals surface area contributed by atoms with Gasteiger partial charge in [-0.1, -0.05) is 24.3 Å². The maximum Gasteiger partial charge on any atom is 0.316 e. The Kier molecular flexibility index (Phi) is 4.60. The van der Waals surface area contributed by atoms with Crippen LogP contribution < -0.4 is 27.2 Å². The first-order valence-corrected chi connectivity index (χ1v) is 9.33. The second kappa shape index (κ2) is 6.74. The van der Waals surface area contributed by atoms with Gasteiger partial charge in [0.25, 0.3) is 5.91 Å². The first-order valence-electron chi connectivity index (χ1n) is 7.78. The molecule has 0 bridgehead atoms. The molecule has 0 radical (unpaired) electrons. The fourth-order valence-electron chi connectivity index (χ4n) is 2.94. The van der Waals surface area contributed by atoms with Crippen LogP contribution in [0.25, 0.3) is 5.57 Å². The van der Waals surface area contributed by atoms with Crippen molar-refractivity contribution >= 4 is 38.9 Å². The number of nitrogens with two attached hydrogens (primary N) is 3. The summed E-state index contributed by atoms with van der Waals surface area (Å²) in [4.78, 5) is 22.9. The molecule has 3 amide bonds. The van der Waals surface area contributed by atoms with Crippen LogP contribution in [-0.4, -0.2) is 20.4 Å². The number of anilines is 2. The van der Waals surface area contributed by atoms with Gasteiger partial charge in [-0.05, 0) is 34.9 Å². The van der Waals surface area contributed by atoms with Crippen LogP contribution in [-0.2, 0) is 21.2 Å². The van der Waals surface area contributed by atoms with E-state index >= 15 is 0 Å². The van der Waals surface area contributed by atoms with E-state index in [0.29, 0.717) is 17.6 Å². The first kappa shape index (κ1) is 18.4. The summed E-state index contributed by atoms with van der Waals surface area (Å²) in [5.74, 6) is -0.667. The van der Waals surface area contributed by atoms with E-state index < -0.39 is 22.0 Å². The molecule has 0 spiro atoms. The zero-order valence-electron chi connectivity index (χ0n) is 14.0. The maximum absolute atomic E-state index is 11.9. The average molecular weight is 387 g/mol. The van der Waals surface area contributed by atoms with Crippen LogP contribution in [0.3, 0.4) is 0 Å². The Labute approximate surface area is 155 Å². The largest absolute Gasteiger partial charge is 0.364 e. The van der Waals surface area contributed by atoms with Crippen LogP contribution in [0, 0.1) is 0 Å². The number of fused-ring (bicyclic) bond motifs is 1. The fourth-order valence-corrected chi connectivity index (χ4v) is 3.61. The lowest BCUT2D eigenvalue weighted by Crippen LogP contribution is -2.25. The minimum absolute atomic E-state index is 0.0855. The second-order valence-electron chi connectivity index (χ2n) is 5.92. The number of hydrogen-bond donors (Lipinski definition) is 5. The Balaban J connectivity index is 2.16. The first-order chi connectivity index (χ1) is 12.7. The summed E-state index contributed by atoms with van der Waals surface area (Å²) in [6.07, 6.45) is 0.381. The molecule has 2 aromatic carbocycles. The Morgan fingerprint density at radius 3 is 2.41 bits per heavy atom. The van der Waals surface area contributed by atoms with Crippen molar-refractivity contribution < 1.29 is 18.0 Å². The van der Waals surface area contributed by atoms with Crippen LogP contribution in [0.2, 0.25) is 0 Å². The van der Waals surface area contributed by atoms with Crippen molar-refractivity contribution in [3.63, 3.8) is 0 Å². The summed E-state index contributed by atoms with van der Waals surface area (Å²) in [6.45, 7) is 0. The number of primary sulfonamides is 1. The Bertz CT molecular complexity index is 1090. The van der Waals surface area contributed by atoms with E-state index in [1.807, 2.05) is 24.3 Å². The number of rotatable bonds is 4. The van der Waals surface area contributed by atoms with Crippen molar-refractivity contribution in [1.82, 2.24) is 0 Å². The third-order valence-electron chi connectivity index (χ3n) is 4.08. The molecule has 0 aromatic heterocycles. The highest BCUT2D eigenvalue weighted by Gasteiger charge is 2.24. The third kappa shape index (κ3) is 3.76. The number of allylic oxidation sites excluding steroid dienone is 1. The molecule has 10 heteroatoms. The van der Waals surface area contributed by atoms with Gasteiger partial charge in [-0.3, -0.25) is 4.79 Å². The predicted octanol–water partition coefficient (Wildman–Crippen LogP) is 0.689. The van der Waals surface area contributed by atoms with Crippen LogP contribution in [0.1, 0.15) is 11.1 Å². The number of primary amides is 2.